The summed E-state index contributed by atoms with van der Waals surface area (Å²) in [6.45, 7) is 0.849. The van der Waals surface area contributed by atoms with Gasteiger partial charge in [0.25, 0.3) is 0 Å². The Labute approximate surface area is 194 Å². The normalized spacial score (nSPS) is 24.4. The highest BCUT2D eigenvalue weighted by Gasteiger charge is 2.36. The Kier molecular flexibility index (Phi) is 6.09. The smallest absolute Gasteiger partial charge is 0.214 e. The quantitative estimate of drug-likeness (QED) is 0.589. The van der Waals surface area contributed by atoms with Crippen LogP contribution >= 0.6 is 0 Å². The van der Waals surface area contributed by atoms with Crippen molar-refractivity contribution >= 4 is 26.9 Å². The van der Waals surface area contributed by atoms with Crippen molar-refractivity contribution in [1.82, 2.24) is 19.3 Å². The third kappa shape index (κ3) is 4.48. The number of rotatable bonds is 6. The molecule has 1 N–H and O–H groups in total. The van der Waals surface area contributed by atoms with Crippen molar-refractivity contribution in [3.8, 4) is 0 Å². The van der Waals surface area contributed by atoms with Crippen molar-refractivity contribution in [2.45, 2.75) is 44.1 Å². The second kappa shape index (κ2) is 9.02. The van der Waals surface area contributed by atoms with Crippen LogP contribution in [0.4, 0.5) is 10.2 Å². The van der Waals surface area contributed by atoms with Crippen LogP contribution in [0.3, 0.4) is 0 Å². The van der Waals surface area contributed by atoms with E-state index < -0.39 is 10.0 Å². The molecule has 1 saturated heterocycles. The monoisotopic (exact) mass is 471 g/mol. The third-order valence-corrected chi connectivity index (χ3v) is 9.38. The van der Waals surface area contributed by atoms with Crippen LogP contribution in [0.25, 0.3) is 11.0 Å². The van der Waals surface area contributed by atoms with Crippen LogP contribution in [0.5, 0.6) is 0 Å². The number of hydrogen-bond donors (Lipinski definition) is 1. The summed E-state index contributed by atoms with van der Waals surface area (Å²) in [6, 6.07) is 9.02. The molecule has 1 unspecified atom stereocenters. The largest absolute Gasteiger partial charge is 0.356 e. The predicted octanol–water partition coefficient (Wildman–Crippen LogP) is 3.91. The van der Waals surface area contributed by atoms with Gasteiger partial charge in [-0.1, -0.05) is 18.2 Å². The fourth-order valence-corrected chi connectivity index (χ4v) is 7.39. The van der Waals surface area contributed by atoms with Gasteiger partial charge in [-0.05, 0) is 55.7 Å². The number of H-pyrrole nitrogens is 1. The Morgan fingerprint density at radius 1 is 1.12 bits per heavy atom. The second-order valence-electron chi connectivity index (χ2n) is 9.37. The molecule has 1 atom stereocenters. The molecule has 1 aliphatic heterocycles. The van der Waals surface area contributed by atoms with E-state index in [9.17, 15) is 12.8 Å². The van der Waals surface area contributed by atoms with Gasteiger partial charge in [0.05, 0.1) is 11.1 Å². The van der Waals surface area contributed by atoms with Gasteiger partial charge in [0.2, 0.25) is 10.0 Å². The van der Waals surface area contributed by atoms with E-state index in [4.69, 9.17) is 0 Å². The lowest BCUT2D eigenvalue weighted by Crippen LogP contribution is -2.39. The van der Waals surface area contributed by atoms with Crippen LogP contribution < -0.4 is 4.90 Å². The summed E-state index contributed by atoms with van der Waals surface area (Å²) in [5, 5.41) is 1.00. The summed E-state index contributed by atoms with van der Waals surface area (Å²) < 4.78 is 42.0. The number of benzene rings is 1. The summed E-state index contributed by atoms with van der Waals surface area (Å²) in [7, 11) is -1.29. The van der Waals surface area contributed by atoms with Crippen LogP contribution in [0.2, 0.25) is 0 Å². The number of aromatic nitrogens is 3. The molecule has 2 aliphatic rings. The SMILES string of the molecule is CN(c1ncnc2[nH]ccc12)[C@H]1CC[C@H](CS(=O)(=O)N2CCC(c3ccccc3F)C2)CC1. The maximum atomic E-state index is 14.1. The summed E-state index contributed by atoms with van der Waals surface area (Å²) in [5.41, 5.74) is 1.45. The summed E-state index contributed by atoms with van der Waals surface area (Å²) >= 11 is 0. The van der Waals surface area contributed by atoms with Crippen molar-refractivity contribution in [1.29, 1.82) is 0 Å². The minimum atomic E-state index is -3.35. The van der Waals surface area contributed by atoms with Gasteiger partial charge >= 0.3 is 0 Å². The van der Waals surface area contributed by atoms with Gasteiger partial charge in [-0.15, -0.1) is 0 Å². The highest BCUT2D eigenvalue weighted by molar-refractivity contribution is 7.89. The van der Waals surface area contributed by atoms with Gasteiger partial charge in [-0.25, -0.2) is 27.1 Å². The van der Waals surface area contributed by atoms with E-state index >= 15 is 0 Å². The Bertz CT molecular complexity index is 1220. The van der Waals surface area contributed by atoms with E-state index in [2.05, 4.69) is 26.9 Å². The van der Waals surface area contributed by atoms with E-state index in [1.165, 1.54) is 6.07 Å². The molecule has 0 amide bonds. The van der Waals surface area contributed by atoms with Gasteiger partial charge in [-0.3, -0.25) is 0 Å². The number of anilines is 1. The van der Waals surface area contributed by atoms with E-state index in [1.807, 2.05) is 18.3 Å². The standard InChI is InChI=1S/C24H30FN5O2S/c1-29(24-21-10-12-26-23(21)27-16-28-24)19-8-6-17(7-9-19)15-33(31,32)30-13-11-18(14-30)20-4-2-3-5-22(20)25/h2-5,10,12,16-19H,6-9,11,13-15H2,1H3,(H,26,27,28)/t17-,18?,19-. The average molecular weight is 472 g/mol. The molecule has 2 fully saturated rings. The molecule has 0 bridgehead atoms. The Balaban J connectivity index is 1.18. The first-order chi connectivity index (χ1) is 15.9. The van der Waals surface area contributed by atoms with Crippen LogP contribution in [0.15, 0.2) is 42.9 Å². The molecule has 9 heteroatoms. The summed E-state index contributed by atoms with van der Waals surface area (Å²) in [4.78, 5) is 14.1. The molecule has 5 rings (SSSR count). The second-order valence-corrected chi connectivity index (χ2v) is 11.4. The summed E-state index contributed by atoms with van der Waals surface area (Å²) in [5.74, 6) is 0.940. The van der Waals surface area contributed by atoms with Crippen molar-refractivity contribution in [2.75, 3.05) is 30.8 Å². The van der Waals surface area contributed by atoms with Crippen LogP contribution in [0.1, 0.15) is 43.6 Å². The van der Waals surface area contributed by atoms with E-state index in [0.717, 1.165) is 42.5 Å². The zero-order valence-electron chi connectivity index (χ0n) is 18.8. The zero-order valence-corrected chi connectivity index (χ0v) is 19.6. The molecule has 1 aliphatic carbocycles. The van der Waals surface area contributed by atoms with E-state index in [-0.39, 0.29) is 23.4 Å². The number of fused-ring (bicyclic) bond motifs is 1. The summed E-state index contributed by atoms with van der Waals surface area (Å²) in [6.07, 6.45) is 7.74. The molecule has 176 valence electrons. The fourth-order valence-electron chi connectivity index (χ4n) is 5.46. The Morgan fingerprint density at radius 2 is 1.91 bits per heavy atom. The molecule has 3 heterocycles. The average Bonchev–Trinajstić information content (AvgIpc) is 3.49. The van der Waals surface area contributed by atoms with E-state index in [1.54, 1.807) is 22.8 Å². The van der Waals surface area contributed by atoms with Gasteiger partial charge in [0.1, 0.15) is 23.6 Å². The first-order valence-electron chi connectivity index (χ1n) is 11.7. The van der Waals surface area contributed by atoms with Gasteiger partial charge in [-0.2, -0.15) is 0 Å². The topological polar surface area (TPSA) is 82.2 Å². The molecule has 7 nitrogen and oxygen atoms in total. The van der Waals surface area contributed by atoms with Crippen molar-refractivity contribution in [2.24, 2.45) is 5.92 Å². The molecule has 2 aromatic heterocycles. The first-order valence-corrected chi connectivity index (χ1v) is 13.3. The number of nitrogens with one attached hydrogen (secondary N) is 1. The highest BCUT2D eigenvalue weighted by atomic mass is 32.2. The number of aromatic amines is 1. The zero-order chi connectivity index (χ0) is 23.0. The van der Waals surface area contributed by atoms with Crippen LogP contribution in [0, 0.1) is 11.7 Å². The lowest BCUT2D eigenvalue weighted by Gasteiger charge is -2.35. The molecule has 3 aromatic rings. The Morgan fingerprint density at radius 3 is 2.70 bits per heavy atom. The van der Waals surface area contributed by atoms with Gasteiger partial charge in [0, 0.05) is 38.3 Å². The first kappa shape index (κ1) is 22.3. The molecule has 1 saturated carbocycles. The maximum Gasteiger partial charge on any atom is 0.214 e. The molecule has 0 spiro atoms. The third-order valence-electron chi connectivity index (χ3n) is 7.37. The lowest BCUT2D eigenvalue weighted by atomic mass is 9.86. The molecule has 1 aromatic carbocycles. The minimum absolute atomic E-state index is 0.0662. The van der Waals surface area contributed by atoms with Crippen LogP contribution in [-0.2, 0) is 10.0 Å². The Hall–Kier alpha value is -2.52. The highest BCUT2D eigenvalue weighted by Crippen LogP contribution is 2.34. The van der Waals surface area contributed by atoms with Crippen molar-refractivity contribution in [3.63, 3.8) is 0 Å². The molecule has 0 radical (unpaired) electrons. The molecule has 33 heavy (non-hydrogen) atoms. The molecular weight excluding hydrogens is 441 g/mol. The molecular formula is C24H30FN5O2S. The number of sulfonamides is 1. The number of hydrogen-bond acceptors (Lipinski definition) is 5. The van der Waals surface area contributed by atoms with Crippen molar-refractivity contribution < 1.29 is 12.8 Å². The number of halogens is 1. The number of nitrogens with zero attached hydrogens (tertiary/aromatic N) is 4. The fraction of sp³-hybridized carbons (Fsp3) is 0.500. The maximum absolute atomic E-state index is 14.1. The van der Waals surface area contributed by atoms with E-state index in [0.29, 0.717) is 31.1 Å². The van der Waals surface area contributed by atoms with Crippen molar-refractivity contribution in [3.05, 3.63) is 54.2 Å². The lowest BCUT2D eigenvalue weighted by molar-refractivity contribution is 0.336. The predicted molar refractivity (Wildman–Crippen MR) is 127 cm³/mol. The minimum Gasteiger partial charge on any atom is -0.356 e. The van der Waals surface area contributed by atoms with Gasteiger partial charge < -0.3 is 9.88 Å². The van der Waals surface area contributed by atoms with Crippen LogP contribution in [-0.4, -0.2) is 59.6 Å². The van der Waals surface area contributed by atoms with Gasteiger partial charge in [0.15, 0.2) is 0 Å².